The van der Waals surface area contributed by atoms with Gasteiger partial charge < -0.3 is 9.64 Å². The fraction of sp³-hybridized carbons (Fsp3) is 0.381. The molecule has 2 aromatic rings. The summed E-state index contributed by atoms with van der Waals surface area (Å²) in [6.07, 6.45) is 1.00. The van der Waals surface area contributed by atoms with E-state index in [9.17, 15) is 4.79 Å². The normalized spacial score (nSPS) is 13.5. The molecular formula is C21H26N2O2. The van der Waals surface area contributed by atoms with Crippen molar-refractivity contribution in [3.63, 3.8) is 0 Å². The number of anilines is 1. The zero-order valence-corrected chi connectivity index (χ0v) is 15.1. The second-order valence-electron chi connectivity index (χ2n) is 6.44. The third-order valence-electron chi connectivity index (χ3n) is 4.62. The van der Waals surface area contributed by atoms with Gasteiger partial charge in [-0.05, 0) is 48.7 Å². The van der Waals surface area contributed by atoms with E-state index in [4.69, 9.17) is 4.74 Å². The summed E-state index contributed by atoms with van der Waals surface area (Å²) in [5.41, 5.74) is 3.71. The molecule has 1 aliphatic rings. The van der Waals surface area contributed by atoms with Crippen molar-refractivity contribution in [2.45, 2.75) is 33.4 Å². The van der Waals surface area contributed by atoms with Crippen LogP contribution in [0.3, 0.4) is 0 Å². The Morgan fingerprint density at radius 2 is 1.88 bits per heavy atom. The number of ether oxygens (including phenoxy) is 1. The molecule has 0 spiro atoms. The zero-order valence-electron chi connectivity index (χ0n) is 15.1. The van der Waals surface area contributed by atoms with Crippen molar-refractivity contribution >= 4 is 11.6 Å². The van der Waals surface area contributed by atoms with E-state index < -0.39 is 0 Å². The van der Waals surface area contributed by atoms with Gasteiger partial charge >= 0.3 is 0 Å². The summed E-state index contributed by atoms with van der Waals surface area (Å²) in [7, 11) is 0. The maximum absolute atomic E-state index is 11.7. The molecule has 0 aromatic heterocycles. The van der Waals surface area contributed by atoms with Crippen LogP contribution in [0, 0.1) is 0 Å². The lowest BCUT2D eigenvalue weighted by Crippen LogP contribution is -2.27. The van der Waals surface area contributed by atoms with Gasteiger partial charge in [-0.1, -0.05) is 24.3 Å². The van der Waals surface area contributed by atoms with Crippen molar-refractivity contribution < 1.29 is 9.53 Å². The first-order chi connectivity index (χ1) is 12.2. The second-order valence-corrected chi connectivity index (χ2v) is 6.44. The third-order valence-corrected chi connectivity index (χ3v) is 4.62. The maximum atomic E-state index is 11.7. The average molecular weight is 338 g/mol. The Morgan fingerprint density at radius 3 is 2.60 bits per heavy atom. The highest BCUT2D eigenvalue weighted by Crippen LogP contribution is 2.27. The second kappa shape index (κ2) is 8.17. The fourth-order valence-electron chi connectivity index (χ4n) is 3.36. The first kappa shape index (κ1) is 17.5. The van der Waals surface area contributed by atoms with E-state index in [1.54, 1.807) is 6.92 Å². The van der Waals surface area contributed by atoms with Gasteiger partial charge in [0, 0.05) is 38.8 Å². The summed E-state index contributed by atoms with van der Waals surface area (Å²) in [5.74, 6) is 1.02. The van der Waals surface area contributed by atoms with Gasteiger partial charge in [-0.3, -0.25) is 9.69 Å². The van der Waals surface area contributed by atoms with Crippen molar-refractivity contribution in [2.75, 3.05) is 24.6 Å². The molecule has 0 saturated heterocycles. The first-order valence-electron chi connectivity index (χ1n) is 8.97. The van der Waals surface area contributed by atoms with Crippen molar-refractivity contribution in [1.29, 1.82) is 0 Å². The third kappa shape index (κ3) is 4.40. The van der Waals surface area contributed by atoms with Crippen LogP contribution in [-0.4, -0.2) is 30.5 Å². The van der Waals surface area contributed by atoms with Crippen LogP contribution in [0.1, 0.15) is 31.4 Å². The van der Waals surface area contributed by atoms with Crippen LogP contribution in [-0.2, 0) is 17.9 Å². The van der Waals surface area contributed by atoms with Gasteiger partial charge in [0.05, 0.1) is 6.61 Å². The minimum Gasteiger partial charge on any atom is -0.494 e. The average Bonchev–Trinajstić information content (AvgIpc) is 3.02. The summed E-state index contributed by atoms with van der Waals surface area (Å²) >= 11 is 0. The molecule has 0 atom stereocenters. The molecule has 0 bridgehead atoms. The van der Waals surface area contributed by atoms with Crippen LogP contribution < -0.4 is 9.64 Å². The standard InChI is InChI=1S/C21H26N2O2/c1-3-23(17(2)24)20-11-10-18-15-22(16-19(18)14-20)12-7-13-25-21-8-5-4-6-9-21/h4-6,8-11,14H,3,7,12-13,15-16H2,1-2H3. The largest absolute Gasteiger partial charge is 0.494 e. The molecule has 1 aliphatic heterocycles. The molecule has 0 saturated carbocycles. The molecule has 0 N–H and O–H groups in total. The van der Waals surface area contributed by atoms with E-state index in [0.717, 1.165) is 44.1 Å². The summed E-state index contributed by atoms with van der Waals surface area (Å²) < 4.78 is 5.76. The van der Waals surface area contributed by atoms with E-state index in [0.29, 0.717) is 6.54 Å². The number of carbonyl (C=O) groups is 1. The van der Waals surface area contributed by atoms with Crippen molar-refractivity contribution in [2.24, 2.45) is 0 Å². The van der Waals surface area contributed by atoms with Crippen molar-refractivity contribution in [3.8, 4) is 5.75 Å². The Balaban J connectivity index is 1.50. The number of fused-ring (bicyclic) bond motifs is 1. The number of amides is 1. The Hall–Kier alpha value is -2.33. The predicted octanol–water partition coefficient (Wildman–Crippen LogP) is 3.84. The topological polar surface area (TPSA) is 32.8 Å². The quantitative estimate of drug-likeness (QED) is 0.719. The molecule has 1 heterocycles. The van der Waals surface area contributed by atoms with Gasteiger partial charge in [-0.2, -0.15) is 0 Å². The predicted molar refractivity (Wildman–Crippen MR) is 101 cm³/mol. The Labute approximate surface area is 150 Å². The molecule has 0 radical (unpaired) electrons. The number of carbonyl (C=O) groups excluding carboxylic acids is 1. The SMILES string of the molecule is CCN(C(C)=O)c1ccc2c(c1)CN(CCCOc1ccccc1)C2. The van der Waals surface area contributed by atoms with Crippen LogP contribution >= 0.6 is 0 Å². The maximum Gasteiger partial charge on any atom is 0.223 e. The number of hydrogen-bond acceptors (Lipinski definition) is 3. The Morgan fingerprint density at radius 1 is 1.12 bits per heavy atom. The molecule has 0 fully saturated rings. The zero-order chi connectivity index (χ0) is 17.6. The van der Waals surface area contributed by atoms with Gasteiger partial charge in [0.1, 0.15) is 5.75 Å². The van der Waals surface area contributed by atoms with Crippen LogP contribution in [0.25, 0.3) is 0 Å². The lowest BCUT2D eigenvalue weighted by molar-refractivity contribution is -0.116. The number of nitrogens with zero attached hydrogens (tertiary/aromatic N) is 2. The summed E-state index contributed by atoms with van der Waals surface area (Å²) in [6.45, 7) is 8.01. The Bertz CT molecular complexity index is 715. The minimum atomic E-state index is 0.0929. The van der Waals surface area contributed by atoms with Crippen LogP contribution in [0.2, 0.25) is 0 Å². The molecule has 2 aromatic carbocycles. The van der Waals surface area contributed by atoms with Gasteiger partial charge in [0.2, 0.25) is 5.91 Å². The molecule has 0 unspecified atom stereocenters. The molecular weight excluding hydrogens is 312 g/mol. The molecule has 4 nitrogen and oxygen atoms in total. The summed E-state index contributed by atoms with van der Waals surface area (Å²) in [4.78, 5) is 16.0. The highest BCUT2D eigenvalue weighted by Gasteiger charge is 2.20. The monoisotopic (exact) mass is 338 g/mol. The van der Waals surface area contributed by atoms with Gasteiger partial charge in [0.25, 0.3) is 0 Å². The highest BCUT2D eigenvalue weighted by molar-refractivity contribution is 5.91. The molecule has 25 heavy (non-hydrogen) atoms. The van der Waals surface area contributed by atoms with E-state index in [-0.39, 0.29) is 5.91 Å². The highest BCUT2D eigenvalue weighted by atomic mass is 16.5. The molecule has 0 aliphatic carbocycles. The fourth-order valence-corrected chi connectivity index (χ4v) is 3.36. The van der Waals surface area contributed by atoms with Crippen LogP contribution in [0.5, 0.6) is 5.75 Å². The first-order valence-corrected chi connectivity index (χ1v) is 8.97. The minimum absolute atomic E-state index is 0.0929. The van der Waals surface area contributed by atoms with E-state index >= 15 is 0 Å². The van der Waals surface area contributed by atoms with Gasteiger partial charge in [0.15, 0.2) is 0 Å². The molecule has 3 rings (SSSR count). The van der Waals surface area contributed by atoms with Crippen molar-refractivity contribution in [3.05, 3.63) is 59.7 Å². The Kier molecular flexibility index (Phi) is 5.71. The lowest BCUT2D eigenvalue weighted by Gasteiger charge is -2.19. The van der Waals surface area contributed by atoms with Crippen LogP contribution in [0.4, 0.5) is 5.69 Å². The van der Waals surface area contributed by atoms with E-state index in [2.05, 4.69) is 23.1 Å². The number of rotatable bonds is 7. The van der Waals surface area contributed by atoms with E-state index in [1.807, 2.05) is 42.2 Å². The molecule has 1 amide bonds. The summed E-state index contributed by atoms with van der Waals surface area (Å²) in [5, 5.41) is 0. The lowest BCUT2D eigenvalue weighted by atomic mass is 10.1. The van der Waals surface area contributed by atoms with E-state index in [1.165, 1.54) is 11.1 Å². The molecule has 132 valence electrons. The number of benzene rings is 2. The van der Waals surface area contributed by atoms with Gasteiger partial charge in [-0.15, -0.1) is 0 Å². The summed E-state index contributed by atoms with van der Waals surface area (Å²) in [6, 6.07) is 16.3. The number of para-hydroxylation sites is 1. The van der Waals surface area contributed by atoms with Crippen LogP contribution in [0.15, 0.2) is 48.5 Å². The van der Waals surface area contributed by atoms with Gasteiger partial charge in [-0.25, -0.2) is 0 Å². The smallest absolute Gasteiger partial charge is 0.223 e. The molecule has 4 heteroatoms. The van der Waals surface area contributed by atoms with Crippen molar-refractivity contribution in [1.82, 2.24) is 4.90 Å². The number of hydrogen-bond donors (Lipinski definition) is 0.